The van der Waals surface area contributed by atoms with Gasteiger partial charge < -0.3 is 0 Å². The van der Waals surface area contributed by atoms with Gasteiger partial charge in [-0.05, 0) is 6.42 Å². The van der Waals surface area contributed by atoms with Crippen molar-refractivity contribution in [2.45, 2.75) is 19.8 Å². The van der Waals surface area contributed by atoms with Gasteiger partial charge in [0.15, 0.2) is 0 Å². The summed E-state index contributed by atoms with van der Waals surface area (Å²) >= 11 is 0. The predicted octanol–water partition coefficient (Wildman–Crippen LogP) is 0.569. The molecule has 0 rings (SSSR count). The van der Waals surface area contributed by atoms with E-state index in [0.717, 1.165) is 12.8 Å². The molecule has 0 fully saturated rings. The molecule has 0 atom stereocenters. The Kier molecular flexibility index (Phi) is 17.2. The van der Waals surface area contributed by atoms with Crippen LogP contribution < -0.4 is 0 Å². The molecule has 0 amide bonds. The van der Waals surface area contributed by atoms with Crippen LogP contribution in [0.25, 0.3) is 0 Å². The van der Waals surface area contributed by atoms with Crippen LogP contribution in [0.5, 0.6) is 0 Å². The molecular weight excluding hydrogens is 103 g/mol. The average molecular weight is 113 g/mol. The molecule has 33 valence electrons. The Hall–Kier alpha value is 1.60. The van der Waals surface area contributed by atoms with E-state index in [9.17, 15) is 5.11 Å². The molecule has 0 bridgehead atoms. The average Bonchev–Trinajstić information content (AvgIpc) is 1.41. The van der Waals surface area contributed by atoms with Gasteiger partial charge in [-0.1, -0.05) is 13.3 Å². The first kappa shape index (κ1) is 10.6. The third kappa shape index (κ3) is 9.14. The fraction of sp³-hybridized carbons (Fsp3) is 1.00. The summed E-state index contributed by atoms with van der Waals surface area (Å²) in [7, 11) is 0. The molecule has 0 saturated heterocycles. The van der Waals surface area contributed by atoms with Gasteiger partial charge >= 0.3 is 51.4 Å². The van der Waals surface area contributed by atoms with E-state index in [1.165, 1.54) is 0 Å². The van der Waals surface area contributed by atoms with E-state index in [1.54, 1.807) is 0 Å². The van der Waals surface area contributed by atoms with Gasteiger partial charge in [0.1, 0.15) is 0 Å². The molecule has 0 aliphatic rings. The summed E-state index contributed by atoms with van der Waals surface area (Å²) in [6.07, 6.45) is 1.86. The van der Waals surface area contributed by atoms with E-state index < -0.39 is 0 Å². The van der Waals surface area contributed by atoms with Crippen LogP contribution in [0.3, 0.4) is 0 Å². The Balaban J connectivity index is 0. The molecule has 0 aliphatic heterocycles. The monoisotopic (exact) mass is 113 g/mol. The molecule has 1 radical (unpaired) electrons. The molecule has 0 aromatic carbocycles. The topological polar surface area (TPSA) is 19.9 Å². The van der Waals surface area contributed by atoms with E-state index >= 15 is 0 Å². The van der Waals surface area contributed by atoms with Crippen LogP contribution in [0.1, 0.15) is 19.8 Å². The summed E-state index contributed by atoms with van der Waals surface area (Å²) in [6, 6.07) is 0. The Morgan fingerprint density at radius 1 is 1.50 bits per heavy atom. The second-order valence-electron chi connectivity index (χ2n) is 1.06. The zero-order valence-corrected chi connectivity index (χ0v) is 3.53. The van der Waals surface area contributed by atoms with Crippen molar-refractivity contribution in [3.05, 3.63) is 0 Å². The third-order valence-electron chi connectivity index (χ3n) is 0.498. The van der Waals surface area contributed by atoms with E-state index in [2.05, 4.69) is 0 Å². The van der Waals surface area contributed by atoms with Crippen molar-refractivity contribution in [3.63, 3.8) is 0 Å². The summed E-state index contributed by atoms with van der Waals surface area (Å²) in [6.45, 7) is 2.11. The number of hydrogen-bond donors (Lipinski definition) is 0. The molecule has 0 aliphatic carbocycles. The van der Waals surface area contributed by atoms with Crippen molar-refractivity contribution >= 4 is 51.4 Å². The minimum atomic E-state index is 0. The van der Waals surface area contributed by atoms with Gasteiger partial charge in [0.25, 0.3) is 0 Å². The Labute approximate surface area is 81.6 Å². The number of rotatable bonds is 2. The van der Waals surface area contributed by atoms with Gasteiger partial charge in [-0.15, -0.1) is 0 Å². The van der Waals surface area contributed by atoms with Crippen molar-refractivity contribution in [2.24, 2.45) is 0 Å². The van der Waals surface area contributed by atoms with Gasteiger partial charge in [-0.3, -0.25) is 0 Å². The Bertz CT molecular complexity index is 15.0. The second-order valence-corrected chi connectivity index (χ2v) is 1.06. The van der Waals surface area contributed by atoms with Crippen LogP contribution in [0, 0.1) is 0 Å². The molecule has 0 heterocycles. The zero-order chi connectivity index (χ0) is 4.12. The van der Waals surface area contributed by atoms with Gasteiger partial charge in [0.2, 0.25) is 0 Å². The van der Waals surface area contributed by atoms with Crippen LogP contribution in [0.15, 0.2) is 0 Å². The first-order chi connectivity index (χ1) is 2.41. The quantitative estimate of drug-likeness (QED) is 0.467. The normalized spacial score (nSPS) is 7.00. The first-order valence-corrected chi connectivity index (χ1v) is 2.00. The van der Waals surface area contributed by atoms with Crippen LogP contribution in [-0.4, -0.2) is 58.0 Å². The summed E-state index contributed by atoms with van der Waals surface area (Å²) in [4.78, 5) is 0. The standard InChI is InChI=1S/C4H9O.K.H/c1-2-3-4-5;;/h2-4H2,1H3;;. The molecule has 0 aromatic heterocycles. The van der Waals surface area contributed by atoms with Crippen molar-refractivity contribution in [3.8, 4) is 0 Å². The summed E-state index contributed by atoms with van der Waals surface area (Å²) in [5.41, 5.74) is 0. The Morgan fingerprint density at radius 2 is 2.00 bits per heavy atom. The van der Waals surface area contributed by atoms with E-state index in [0.29, 0.717) is 0 Å². The number of unbranched alkanes of at least 4 members (excludes halogenated alkanes) is 1. The zero-order valence-electron chi connectivity index (χ0n) is 3.53. The molecule has 2 heteroatoms. The fourth-order valence-corrected chi connectivity index (χ4v) is 0.144. The molecule has 6 heavy (non-hydrogen) atoms. The van der Waals surface area contributed by atoms with E-state index in [-0.39, 0.29) is 58.0 Å². The van der Waals surface area contributed by atoms with Gasteiger partial charge in [0.05, 0.1) is 6.61 Å². The molecule has 0 saturated carbocycles. The third-order valence-corrected chi connectivity index (χ3v) is 0.498. The van der Waals surface area contributed by atoms with Crippen molar-refractivity contribution < 1.29 is 5.11 Å². The van der Waals surface area contributed by atoms with Gasteiger partial charge in [-0.2, -0.15) is 0 Å². The van der Waals surface area contributed by atoms with E-state index in [1.807, 2.05) is 6.92 Å². The molecule has 1 nitrogen and oxygen atoms in total. The fourth-order valence-electron chi connectivity index (χ4n) is 0.144. The van der Waals surface area contributed by atoms with Crippen LogP contribution in [0.4, 0.5) is 0 Å². The maximum absolute atomic E-state index is 9.53. The maximum atomic E-state index is 9.53. The minimum absolute atomic E-state index is 0. The van der Waals surface area contributed by atoms with Crippen LogP contribution in [0.2, 0.25) is 0 Å². The summed E-state index contributed by atoms with van der Waals surface area (Å²) in [5, 5.41) is 9.53. The van der Waals surface area contributed by atoms with Crippen LogP contribution >= 0.6 is 0 Å². The van der Waals surface area contributed by atoms with Crippen molar-refractivity contribution in [1.82, 2.24) is 0 Å². The van der Waals surface area contributed by atoms with Crippen LogP contribution in [-0.2, 0) is 5.11 Å². The predicted molar refractivity (Wildman–Crippen MR) is 27.6 cm³/mol. The van der Waals surface area contributed by atoms with Gasteiger partial charge in [-0.25, -0.2) is 5.11 Å². The molecule has 0 N–H and O–H groups in total. The van der Waals surface area contributed by atoms with Gasteiger partial charge in [0, 0.05) is 0 Å². The Morgan fingerprint density at radius 3 is 2.00 bits per heavy atom. The molecule has 0 spiro atoms. The molecule has 0 unspecified atom stereocenters. The van der Waals surface area contributed by atoms with Crippen molar-refractivity contribution in [2.75, 3.05) is 6.61 Å². The SMILES string of the molecule is CCCC[O].[KH]. The molecule has 0 aromatic rings. The second kappa shape index (κ2) is 9.78. The molecular formula is C4H10KO. The first-order valence-electron chi connectivity index (χ1n) is 2.00. The van der Waals surface area contributed by atoms with Crippen molar-refractivity contribution in [1.29, 1.82) is 0 Å². The summed E-state index contributed by atoms with van der Waals surface area (Å²) < 4.78 is 0. The van der Waals surface area contributed by atoms with E-state index in [4.69, 9.17) is 0 Å². The number of hydrogen-bond acceptors (Lipinski definition) is 0. The summed E-state index contributed by atoms with van der Waals surface area (Å²) in [5.74, 6) is 0.